The van der Waals surface area contributed by atoms with E-state index in [2.05, 4.69) is 10.3 Å². The lowest BCUT2D eigenvalue weighted by Crippen LogP contribution is -2.22. The number of benzene rings is 1. The van der Waals surface area contributed by atoms with E-state index in [0.29, 0.717) is 25.3 Å². The molecule has 1 heterocycles. The minimum absolute atomic E-state index is 0.0311. The molecule has 1 N–H and O–H groups in total. The van der Waals surface area contributed by atoms with Crippen LogP contribution in [0, 0.1) is 0 Å². The van der Waals surface area contributed by atoms with Crippen LogP contribution in [0.1, 0.15) is 18.4 Å². The molecule has 0 bridgehead atoms. The number of aromatic nitrogens is 1. The number of halogens is 1. The van der Waals surface area contributed by atoms with E-state index in [4.69, 9.17) is 11.6 Å². The maximum atomic E-state index is 11.5. The molecule has 0 unspecified atom stereocenters. The van der Waals surface area contributed by atoms with Crippen LogP contribution in [0.3, 0.4) is 0 Å². The molecule has 1 amide bonds. The number of alkyl halides is 1. The van der Waals surface area contributed by atoms with Crippen molar-refractivity contribution in [1.82, 2.24) is 10.3 Å². The fourth-order valence-electron chi connectivity index (χ4n) is 1.82. The van der Waals surface area contributed by atoms with Crippen molar-refractivity contribution in [2.45, 2.75) is 19.4 Å². The third kappa shape index (κ3) is 3.20. The summed E-state index contributed by atoms with van der Waals surface area (Å²) >= 11 is 5.55. The Balaban J connectivity index is 2.05. The van der Waals surface area contributed by atoms with Crippen LogP contribution < -0.4 is 5.32 Å². The first-order valence-corrected chi connectivity index (χ1v) is 6.50. The quantitative estimate of drug-likeness (QED) is 0.842. The van der Waals surface area contributed by atoms with Gasteiger partial charge in [0.15, 0.2) is 0 Å². The average molecular weight is 263 g/mol. The predicted molar refractivity (Wildman–Crippen MR) is 73.5 cm³/mol. The first-order chi connectivity index (χ1) is 8.81. The van der Waals surface area contributed by atoms with Gasteiger partial charge in [0, 0.05) is 30.4 Å². The average Bonchev–Trinajstić information content (AvgIpc) is 2.42. The van der Waals surface area contributed by atoms with Crippen LogP contribution in [0.5, 0.6) is 0 Å². The minimum atomic E-state index is 0.0311. The lowest BCUT2D eigenvalue weighted by molar-refractivity contribution is -0.121. The Bertz CT molecular complexity index is 537. The van der Waals surface area contributed by atoms with Gasteiger partial charge in [0.25, 0.3) is 0 Å². The number of carbonyl (C=O) groups excluding carboxylic acids is 1. The SMILES string of the molecule is O=C(CCCCl)NCc1cccc2cccnc12. The molecule has 94 valence electrons. The van der Waals surface area contributed by atoms with Gasteiger partial charge in [-0.15, -0.1) is 11.6 Å². The monoisotopic (exact) mass is 262 g/mol. The second-order valence-corrected chi connectivity index (χ2v) is 4.44. The number of carbonyl (C=O) groups is 1. The van der Waals surface area contributed by atoms with Crippen LogP contribution in [0.25, 0.3) is 10.9 Å². The molecule has 0 radical (unpaired) electrons. The van der Waals surface area contributed by atoms with Gasteiger partial charge in [-0.2, -0.15) is 0 Å². The second kappa shape index (κ2) is 6.36. The fourth-order valence-corrected chi connectivity index (χ4v) is 1.95. The molecule has 0 aliphatic carbocycles. The molecule has 4 heteroatoms. The van der Waals surface area contributed by atoms with Crippen LogP contribution in [0.15, 0.2) is 36.5 Å². The van der Waals surface area contributed by atoms with Crippen LogP contribution in [-0.4, -0.2) is 16.8 Å². The van der Waals surface area contributed by atoms with E-state index in [1.807, 2.05) is 30.3 Å². The molecule has 0 saturated heterocycles. The van der Waals surface area contributed by atoms with Crippen molar-refractivity contribution in [3.8, 4) is 0 Å². The molecule has 0 saturated carbocycles. The standard InChI is InChI=1S/C14H15ClN2O/c15-8-2-7-13(18)17-10-12-5-1-4-11-6-3-9-16-14(11)12/h1,3-6,9H,2,7-8,10H2,(H,17,18). The first-order valence-electron chi connectivity index (χ1n) is 5.96. The van der Waals surface area contributed by atoms with Crippen molar-refractivity contribution < 1.29 is 4.79 Å². The summed E-state index contributed by atoms with van der Waals surface area (Å²) in [4.78, 5) is 15.9. The third-order valence-electron chi connectivity index (χ3n) is 2.73. The minimum Gasteiger partial charge on any atom is -0.352 e. The highest BCUT2D eigenvalue weighted by atomic mass is 35.5. The molecule has 0 spiro atoms. The maximum Gasteiger partial charge on any atom is 0.220 e. The number of hydrogen-bond acceptors (Lipinski definition) is 2. The topological polar surface area (TPSA) is 42.0 Å². The van der Waals surface area contributed by atoms with Crippen molar-refractivity contribution in [3.05, 3.63) is 42.1 Å². The van der Waals surface area contributed by atoms with Gasteiger partial charge in [0.1, 0.15) is 0 Å². The number of nitrogens with one attached hydrogen (secondary N) is 1. The van der Waals surface area contributed by atoms with Gasteiger partial charge in [-0.3, -0.25) is 9.78 Å². The zero-order valence-corrected chi connectivity index (χ0v) is 10.8. The van der Waals surface area contributed by atoms with Gasteiger partial charge in [-0.1, -0.05) is 24.3 Å². The molecule has 0 aliphatic rings. The van der Waals surface area contributed by atoms with Crippen molar-refractivity contribution in [2.75, 3.05) is 5.88 Å². The summed E-state index contributed by atoms with van der Waals surface area (Å²) in [5, 5.41) is 3.98. The number of fused-ring (bicyclic) bond motifs is 1. The zero-order valence-electron chi connectivity index (χ0n) is 10.0. The number of pyridine rings is 1. The lowest BCUT2D eigenvalue weighted by atomic mass is 10.1. The van der Waals surface area contributed by atoms with E-state index >= 15 is 0 Å². The van der Waals surface area contributed by atoms with E-state index in [9.17, 15) is 4.79 Å². The third-order valence-corrected chi connectivity index (χ3v) is 3.00. The van der Waals surface area contributed by atoms with Gasteiger partial charge in [0.05, 0.1) is 5.52 Å². The predicted octanol–water partition coefficient (Wildman–Crippen LogP) is 2.87. The lowest BCUT2D eigenvalue weighted by Gasteiger charge is -2.07. The molecule has 1 aromatic carbocycles. The van der Waals surface area contributed by atoms with Crippen LogP contribution in [0.4, 0.5) is 0 Å². The molecular weight excluding hydrogens is 248 g/mol. The van der Waals surface area contributed by atoms with E-state index in [-0.39, 0.29) is 5.91 Å². The Morgan fingerprint density at radius 3 is 2.94 bits per heavy atom. The van der Waals surface area contributed by atoms with Crippen molar-refractivity contribution in [2.24, 2.45) is 0 Å². The van der Waals surface area contributed by atoms with E-state index in [1.165, 1.54) is 0 Å². The van der Waals surface area contributed by atoms with E-state index < -0.39 is 0 Å². The highest BCUT2D eigenvalue weighted by Gasteiger charge is 2.04. The molecule has 18 heavy (non-hydrogen) atoms. The zero-order chi connectivity index (χ0) is 12.8. The van der Waals surface area contributed by atoms with Crippen molar-refractivity contribution in [3.63, 3.8) is 0 Å². The molecular formula is C14H15ClN2O. The summed E-state index contributed by atoms with van der Waals surface area (Å²) in [6.07, 6.45) is 2.95. The molecule has 0 fully saturated rings. The second-order valence-electron chi connectivity index (χ2n) is 4.06. The molecule has 0 atom stereocenters. The van der Waals surface area contributed by atoms with E-state index in [0.717, 1.165) is 16.5 Å². The summed E-state index contributed by atoms with van der Waals surface area (Å²) in [5.74, 6) is 0.548. The highest BCUT2D eigenvalue weighted by Crippen LogP contribution is 2.15. The number of hydrogen-bond donors (Lipinski definition) is 1. The van der Waals surface area contributed by atoms with Crippen LogP contribution >= 0.6 is 11.6 Å². The summed E-state index contributed by atoms with van der Waals surface area (Å²) in [5.41, 5.74) is 1.98. The molecule has 0 aliphatic heterocycles. The summed E-state index contributed by atoms with van der Waals surface area (Å²) in [7, 11) is 0. The van der Waals surface area contributed by atoms with Gasteiger partial charge >= 0.3 is 0 Å². The van der Waals surface area contributed by atoms with Gasteiger partial charge in [-0.05, 0) is 18.1 Å². The summed E-state index contributed by atoms with van der Waals surface area (Å²) in [6.45, 7) is 0.509. The van der Waals surface area contributed by atoms with Gasteiger partial charge < -0.3 is 5.32 Å². The van der Waals surface area contributed by atoms with Crippen molar-refractivity contribution in [1.29, 1.82) is 0 Å². The Kier molecular flexibility index (Phi) is 4.53. The van der Waals surface area contributed by atoms with Crippen molar-refractivity contribution >= 4 is 28.4 Å². The summed E-state index contributed by atoms with van der Waals surface area (Å²) in [6, 6.07) is 9.90. The molecule has 1 aromatic heterocycles. The smallest absolute Gasteiger partial charge is 0.220 e. The fraction of sp³-hybridized carbons (Fsp3) is 0.286. The Labute approximate surface area is 111 Å². The van der Waals surface area contributed by atoms with Crippen LogP contribution in [0.2, 0.25) is 0 Å². The van der Waals surface area contributed by atoms with Gasteiger partial charge in [-0.25, -0.2) is 0 Å². The first kappa shape index (κ1) is 12.8. The highest BCUT2D eigenvalue weighted by molar-refractivity contribution is 6.17. The molecule has 3 nitrogen and oxygen atoms in total. The number of nitrogens with zero attached hydrogens (tertiary/aromatic N) is 1. The number of para-hydroxylation sites is 1. The maximum absolute atomic E-state index is 11.5. The van der Waals surface area contributed by atoms with Gasteiger partial charge in [0.2, 0.25) is 5.91 Å². The normalized spacial score (nSPS) is 10.5. The van der Waals surface area contributed by atoms with Crippen LogP contribution in [-0.2, 0) is 11.3 Å². The largest absolute Gasteiger partial charge is 0.352 e. The Hall–Kier alpha value is -1.61. The molecule has 2 aromatic rings. The number of amides is 1. The Morgan fingerprint density at radius 2 is 2.11 bits per heavy atom. The molecule has 2 rings (SSSR count). The number of rotatable bonds is 5. The van der Waals surface area contributed by atoms with E-state index in [1.54, 1.807) is 6.20 Å². The summed E-state index contributed by atoms with van der Waals surface area (Å²) < 4.78 is 0. The Morgan fingerprint density at radius 1 is 1.28 bits per heavy atom.